The van der Waals surface area contributed by atoms with E-state index in [1.54, 1.807) is 0 Å². The monoisotopic (exact) mass is 392 g/mol. The van der Waals surface area contributed by atoms with E-state index in [-0.39, 0.29) is 29.3 Å². The smallest absolute Gasteiger partial charge is 0.240 e. The largest absolute Gasteiger partial charge is 0.311 e. The zero-order chi connectivity index (χ0) is 20.2. The van der Waals surface area contributed by atoms with Crippen LogP contribution in [0, 0.1) is 5.82 Å². The first-order valence-electron chi connectivity index (χ1n) is 8.64. The van der Waals surface area contributed by atoms with Gasteiger partial charge in [-0.1, -0.05) is 32.9 Å². The van der Waals surface area contributed by atoms with Crippen molar-refractivity contribution in [2.45, 2.75) is 38.0 Å². The summed E-state index contributed by atoms with van der Waals surface area (Å²) in [5, 5.41) is 0. The highest BCUT2D eigenvalue weighted by Gasteiger charge is 2.18. The number of sulfonamides is 1. The van der Waals surface area contributed by atoms with Crippen LogP contribution in [0.4, 0.5) is 10.1 Å². The molecule has 2 aromatic rings. The van der Waals surface area contributed by atoms with Gasteiger partial charge in [-0.2, -0.15) is 0 Å². The Balaban J connectivity index is 2.07. The summed E-state index contributed by atoms with van der Waals surface area (Å²) in [4.78, 5) is 13.5. The fourth-order valence-corrected chi connectivity index (χ4v) is 3.62. The van der Waals surface area contributed by atoms with Crippen LogP contribution in [-0.4, -0.2) is 27.4 Å². The van der Waals surface area contributed by atoms with Gasteiger partial charge in [0.1, 0.15) is 5.82 Å². The molecule has 146 valence electrons. The van der Waals surface area contributed by atoms with E-state index in [1.807, 2.05) is 24.3 Å². The number of anilines is 1. The van der Waals surface area contributed by atoms with E-state index >= 15 is 0 Å². The van der Waals surface area contributed by atoms with Gasteiger partial charge in [-0.3, -0.25) is 4.79 Å². The van der Waals surface area contributed by atoms with Crippen molar-refractivity contribution in [3.8, 4) is 0 Å². The molecule has 0 spiro atoms. The van der Waals surface area contributed by atoms with E-state index in [0.717, 1.165) is 17.7 Å². The number of nitrogens with one attached hydrogen (secondary N) is 1. The number of carbonyl (C=O) groups is 1. The summed E-state index contributed by atoms with van der Waals surface area (Å²) in [6, 6.07) is 12.2. The lowest BCUT2D eigenvalue weighted by atomic mass is 9.87. The minimum absolute atomic E-state index is 0.00434. The molecule has 0 aromatic heterocycles. The van der Waals surface area contributed by atoms with Crippen molar-refractivity contribution in [1.29, 1.82) is 0 Å². The van der Waals surface area contributed by atoms with E-state index in [2.05, 4.69) is 25.5 Å². The van der Waals surface area contributed by atoms with Crippen molar-refractivity contribution in [1.82, 2.24) is 4.72 Å². The molecule has 0 aliphatic heterocycles. The van der Waals surface area contributed by atoms with Crippen molar-refractivity contribution in [3.63, 3.8) is 0 Å². The predicted octanol–water partition coefficient (Wildman–Crippen LogP) is 3.45. The summed E-state index contributed by atoms with van der Waals surface area (Å²) in [6.45, 7) is 7.98. The van der Waals surface area contributed by atoms with E-state index in [1.165, 1.54) is 24.0 Å². The molecule has 2 rings (SSSR count). The molecule has 2 aromatic carbocycles. The first-order chi connectivity index (χ1) is 12.5. The Morgan fingerprint density at radius 3 is 2.07 bits per heavy atom. The predicted molar refractivity (Wildman–Crippen MR) is 105 cm³/mol. The van der Waals surface area contributed by atoms with Crippen LogP contribution in [0.1, 0.15) is 33.3 Å². The van der Waals surface area contributed by atoms with Gasteiger partial charge >= 0.3 is 0 Å². The van der Waals surface area contributed by atoms with E-state index in [0.29, 0.717) is 5.69 Å². The number of hydrogen-bond acceptors (Lipinski definition) is 3. The highest BCUT2D eigenvalue weighted by molar-refractivity contribution is 7.89. The summed E-state index contributed by atoms with van der Waals surface area (Å²) in [5.74, 6) is -0.685. The maximum Gasteiger partial charge on any atom is 0.240 e. The fourth-order valence-electron chi connectivity index (χ4n) is 2.60. The van der Waals surface area contributed by atoms with Gasteiger partial charge in [0.15, 0.2) is 0 Å². The van der Waals surface area contributed by atoms with E-state index < -0.39 is 15.8 Å². The minimum atomic E-state index is -3.76. The highest BCUT2D eigenvalue weighted by Crippen LogP contribution is 2.25. The second-order valence-electron chi connectivity index (χ2n) is 7.32. The number of halogens is 1. The summed E-state index contributed by atoms with van der Waals surface area (Å²) < 4.78 is 39.9. The zero-order valence-electron chi connectivity index (χ0n) is 16.0. The second kappa shape index (κ2) is 8.19. The molecule has 0 unspecified atom stereocenters. The maximum atomic E-state index is 13.0. The van der Waals surface area contributed by atoms with Gasteiger partial charge in [-0.25, -0.2) is 17.5 Å². The van der Waals surface area contributed by atoms with Crippen molar-refractivity contribution in [3.05, 3.63) is 59.9 Å². The highest BCUT2D eigenvalue weighted by atomic mass is 32.2. The minimum Gasteiger partial charge on any atom is -0.311 e. The molecule has 0 bridgehead atoms. The van der Waals surface area contributed by atoms with Gasteiger partial charge in [0.2, 0.25) is 15.9 Å². The molecule has 1 N–H and O–H groups in total. The van der Waals surface area contributed by atoms with Crippen LogP contribution in [-0.2, 0) is 20.2 Å². The molecule has 0 radical (unpaired) electrons. The summed E-state index contributed by atoms with van der Waals surface area (Å²) in [7, 11) is -3.76. The molecule has 0 saturated heterocycles. The molecule has 0 aliphatic carbocycles. The molecule has 7 heteroatoms. The van der Waals surface area contributed by atoms with Gasteiger partial charge in [0, 0.05) is 25.7 Å². The quantitative estimate of drug-likeness (QED) is 0.819. The average molecular weight is 392 g/mol. The van der Waals surface area contributed by atoms with Crippen LogP contribution in [0.15, 0.2) is 53.4 Å². The van der Waals surface area contributed by atoms with E-state index in [4.69, 9.17) is 0 Å². The molecular weight excluding hydrogens is 367 g/mol. The SMILES string of the molecule is CC(=O)N(CCNS(=O)(=O)c1ccc(F)cc1)c1ccc(C(C)(C)C)cc1. The Morgan fingerprint density at radius 1 is 1.04 bits per heavy atom. The Hall–Kier alpha value is -2.25. The molecule has 0 atom stereocenters. The molecule has 0 fully saturated rings. The Bertz CT molecular complexity index is 886. The third-order valence-corrected chi connectivity index (χ3v) is 5.65. The molecule has 0 saturated carbocycles. The Morgan fingerprint density at radius 2 is 1.59 bits per heavy atom. The van der Waals surface area contributed by atoms with Crippen LogP contribution in [0.3, 0.4) is 0 Å². The molecule has 27 heavy (non-hydrogen) atoms. The van der Waals surface area contributed by atoms with Gasteiger partial charge < -0.3 is 4.90 Å². The number of carbonyl (C=O) groups excluding carboxylic acids is 1. The van der Waals surface area contributed by atoms with Gasteiger partial charge in [-0.05, 0) is 47.4 Å². The van der Waals surface area contributed by atoms with E-state index in [9.17, 15) is 17.6 Å². The van der Waals surface area contributed by atoms with Gasteiger partial charge in [-0.15, -0.1) is 0 Å². The Kier molecular flexibility index (Phi) is 6.38. The number of hydrogen-bond donors (Lipinski definition) is 1. The third-order valence-electron chi connectivity index (χ3n) is 4.18. The fraction of sp³-hybridized carbons (Fsp3) is 0.350. The van der Waals surface area contributed by atoms with Crippen molar-refractivity contribution in [2.75, 3.05) is 18.0 Å². The molecule has 5 nitrogen and oxygen atoms in total. The van der Waals surface area contributed by atoms with Crippen LogP contribution in [0.5, 0.6) is 0 Å². The van der Waals surface area contributed by atoms with Crippen molar-refractivity contribution in [2.24, 2.45) is 0 Å². The summed E-state index contributed by atoms with van der Waals surface area (Å²) >= 11 is 0. The first-order valence-corrected chi connectivity index (χ1v) is 10.1. The van der Waals surface area contributed by atoms with Crippen LogP contribution >= 0.6 is 0 Å². The van der Waals surface area contributed by atoms with Gasteiger partial charge in [0.25, 0.3) is 0 Å². The van der Waals surface area contributed by atoms with Crippen LogP contribution in [0.25, 0.3) is 0 Å². The second-order valence-corrected chi connectivity index (χ2v) is 9.09. The summed E-state index contributed by atoms with van der Waals surface area (Å²) in [6.07, 6.45) is 0. The summed E-state index contributed by atoms with van der Waals surface area (Å²) in [5.41, 5.74) is 1.85. The van der Waals surface area contributed by atoms with Crippen molar-refractivity contribution < 1.29 is 17.6 Å². The van der Waals surface area contributed by atoms with Crippen LogP contribution in [0.2, 0.25) is 0 Å². The average Bonchev–Trinajstić information content (AvgIpc) is 2.58. The first kappa shape index (κ1) is 21.1. The topological polar surface area (TPSA) is 66.5 Å². The normalized spacial score (nSPS) is 12.0. The zero-order valence-corrected chi connectivity index (χ0v) is 16.8. The van der Waals surface area contributed by atoms with Crippen molar-refractivity contribution >= 4 is 21.6 Å². The van der Waals surface area contributed by atoms with Gasteiger partial charge in [0.05, 0.1) is 4.90 Å². The lowest BCUT2D eigenvalue weighted by molar-refractivity contribution is -0.116. The number of nitrogens with zero attached hydrogens (tertiary/aromatic N) is 1. The number of benzene rings is 2. The molecule has 0 heterocycles. The number of amides is 1. The standard InChI is InChI=1S/C20H25FN2O3S/c1-15(24)23(18-9-5-16(6-10-18)20(2,3)4)14-13-22-27(25,26)19-11-7-17(21)8-12-19/h5-12,22H,13-14H2,1-4H3. The molecule has 1 amide bonds. The lowest BCUT2D eigenvalue weighted by Gasteiger charge is -2.24. The lowest BCUT2D eigenvalue weighted by Crippen LogP contribution is -2.37. The third kappa shape index (κ3) is 5.61. The van der Waals surface area contributed by atoms with Crippen LogP contribution < -0.4 is 9.62 Å². The molecular formula is C20H25FN2O3S. The molecule has 0 aliphatic rings. The maximum absolute atomic E-state index is 13.0. The Labute approximate surface area is 160 Å². The number of rotatable bonds is 6.